The molecule has 0 radical (unpaired) electrons. The van der Waals surface area contributed by atoms with E-state index in [2.05, 4.69) is 64.8 Å². The number of nitrogens with zero attached hydrogens (tertiary/aromatic N) is 5. The van der Waals surface area contributed by atoms with Gasteiger partial charge in [-0.2, -0.15) is 0 Å². The Morgan fingerprint density at radius 3 is 2.58 bits per heavy atom. The van der Waals surface area contributed by atoms with E-state index in [0.717, 1.165) is 58.8 Å². The van der Waals surface area contributed by atoms with Crippen LogP contribution in [-0.2, 0) is 13.6 Å². The molecule has 0 aliphatic carbocycles. The van der Waals surface area contributed by atoms with Gasteiger partial charge in [0.2, 0.25) is 0 Å². The van der Waals surface area contributed by atoms with Gasteiger partial charge in [-0.25, -0.2) is 15.0 Å². The quantitative estimate of drug-likeness (QED) is 0.413. The molecule has 1 unspecified atom stereocenters. The average Bonchev–Trinajstić information content (AvgIpc) is 3.36. The predicted molar refractivity (Wildman–Crippen MR) is 136 cm³/mol. The molecule has 1 fully saturated rings. The van der Waals surface area contributed by atoms with Crippen LogP contribution in [0.5, 0.6) is 0 Å². The number of thiophene rings is 1. The number of imidazole rings is 1. The van der Waals surface area contributed by atoms with E-state index in [1.54, 1.807) is 11.3 Å². The molecule has 1 atom stereocenters. The normalized spacial score (nSPS) is 16.4. The summed E-state index contributed by atoms with van der Waals surface area (Å²) >= 11 is 1.76. The van der Waals surface area contributed by atoms with Crippen LogP contribution in [0.1, 0.15) is 53.5 Å². The Hall–Kier alpha value is -2.77. The summed E-state index contributed by atoms with van der Waals surface area (Å²) in [6.07, 6.45) is 6.34. The van der Waals surface area contributed by atoms with Crippen molar-refractivity contribution in [3.05, 3.63) is 70.4 Å². The summed E-state index contributed by atoms with van der Waals surface area (Å²) in [7, 11) is 2.04. The zero-order chi connectivity index (χ0) is 22.9. The summed E-state index contributed by atoms with van der Waals surface area (Å²) in [6.45, 7) is 9.73. The smallest absolute Gasteiger partial charge is 0.146 e. The van der Waals surface area contributed by atoms with E-state index in [9.17, 15) is 0 Å². The zero-order valence-electron chi connectivity index (χ0n) is 19.9. The van der Waals surface area contributed by atoms with Gasteiger partial charge in [0.05, 0.1) is 11.9 Å². The lowest BCUT2D eigenvalue weighted by Gasteiger charge is -2.29. The van der Waals surface area contributed by atoms with Gasteiger partial charge in [-0.15, -0.1) is 11.3 Å². The van der Waals surface area contributed by atoms with Crippen molar-refractivity contribution in [1.29, 1.82) is 0 Å². The fourth-order valence-corrected chi connectivity index (χ4v) is 5.67. The summed E-state index contributed by atoms with van der Waals surface area (Å²) < 4.78 is 2.07. The maximum Gasteiger partial charge on any atom is 0.146 e. The van der Waals surface area contributed by atoms with Crippen LogP contribution in [0.25, 0.3) is 10.2 Å². The number of hydrogen-bond donors (Lipinski definition) is 1. The molecule has 3 aromatic heterocycles. The number of hydrogen-bond acceptors (Lipinski definition) is 6. The van der Waals surface area contributed by atoms with Gasteiger partial charge in [0.25, 0.3) is 0 Å². The second-order valence-corrected chi connectivity index (χ2v) is 10.5. The second-order valence-electron chi connectivity index (χ2n) is 9.29. The third-order valence-corrected chi connectivity index (χ3v) is 7.95. The van der Waals surface area contributed by atoms with Gasteiger partial charge in [-0.1, -0.05) is 37.3 Å². The van der Waals surface area contributed by atoms with Gasteiger partial charge in [-0.05, 0) is 56.8 Å². The number of anilines is 1. The molecule has 0 saturated carbocycles. The van der Waals surface area contributed by atoms with Gasteiger partial charge in [0, 0.05) is 24.3 Å². The van der Waals surface area contributed by atoms with Crippen LogP contribution in [0, 0.1) is 19.8 Å². The van der Waals surface area contributed by atoms with Gasteiger partial charge in [-0.3, -0.25) is 4.90 Å². The topological polar surface area (TPSA) is 58.9 Å². The average molecular weight is 461 g/mol. The molecule has 7 heteroatoms. The molecule has 4 heterocycles. The van der Waals surface area contributed by atoms with E-state index in [-0.39, 0.29) is 6.04 Å². The number of aryl methyl sites for hydroxylation is 3. The molecule has 1 aromatic carbocycles. The molecule has 33 heavy (non-hydrogen) atoms. The molecule has 0 amide bonds. The maximum atomic E-state index is 5.10. The van der Waals surface area contributed by atoms with Gasteiger partial charge in [0.15, 0.2) is 0 Å². The summed E-state index contributed by atoms with van der Waals surface area (Å²) in [5, 5.41) is 4.90. The van der Waals surface area contributed by atoms with Crippen LogP contribution in [0.2, 0.25) is 0 Å². The van der Waals surface area contributed by atoms with Crippen molar-refractivity contribution >= 4 is 27.4 Å². The van der Waals surface area contributed by atoms with E-state index >= 15 is 0 Å². The molecule has 0 bridgehead atoms. The fraction of sp³-hybridized carbons (Fsp3) is 0.423. The van der Waals surface area contributed by atoms with Crippen molar-refractivity contribution in [3.8, 4) is 0 Å². The van der Waals surface area contributed by atoms with E-state index in [4.69, 9.17) is 9.97 Å². The first-order chi connectivity index (χ1) is 16.0. The Morgan fingerprint density at radius 1 is 1.12 bits per heavy atom. The maximum absolute atomic E-state index is 5.10. The predicted octanol–water partition coefficient (Wildman–Crippen LogP) is 5.48. The number of nitrogens with one attached hydrogen (secondary N) is 1. The van der Waals surface area contributed by atoms with Crippen LogP contribution in [0.4, 0.5) is 5.82 Å². The summed E-state index contributed by atoms with van der Waals surface area (Å²) in [5.41, 5.74) is 2.41. The molecule has 5 rings (SSSR count). The van der Waals surface area contributed by atoms with Crippen LogP contribution in [0.3, 0.4) is 0 Å². The minimum Gasteiger partial charge on any atom is -0.356 e. The first-order valence-corrected chi connectivity index (χ1v) is 12.6. The van der Waals surface area contributed by atoms with Crippen molar-refractivity contribution in [3.63, 3.8) is 0 Å². The van der Waals surface area contributed by atoms with Crippen LogP contribution in [0.15, 0.2) is 42.7 Å². The molecule has 172 valence electrons. The zero-order valence-corrected chi connectivity index (χ0v) is 20.7. The highest BCUT2D eigenvalue weighted by atomic mass is 32.1. The number of fused-ring (bicyclic) bond motifs is 1. The SMILES string of the molecule is Cc1sc2nc(CN3CCC(C)CC3)nc(NC(c3ccccc3)c3nccn3C)c2c1C. The van der Waals surface area contributed by atoms with Crippen molar-refractivity contribution in [1.82, 2.24) is 24.4 Å². The Labute approximate surface area is 199 Å². The fourth-order valence-electron chi connectivity index (χ4n) is 4.62. The number of piperidine rings is 1. The van der Waals surface area contributed by atoms with E-state index in [1.807, 2.05) is 25.5 Å². The van der Waals surface area contributed by atoms with Crippen molar-refractivity contribution in [2.45, 2.75) is 46.2 Å². The molecule has 1 aliphatic heterocycles. The number of aromatic nitrogens is 4. The second kappa shape index (κ2) is 9.23. The Bertz CT molecular complexity index is 1240. The van der Waals surface area contributed by atoms with E-state index in [1.165, 1.54) is 23.3 Å². The standard InChI is InChI=1S/C26H32N6S/c1-17-10-13-32(14-11-17)16-21-28-24(22-18(2)19(3)33-26(22)29-21)30-23(20-8-6-5-7-9-20)25-27-12-15-31(25)4/h5-9,12,15,17,23H,10-11,13-14,16H2,1-4H3,(H,28,29,30). The monoisotopic (exact) mass is 460 g/mol. The first kappa shape index (κ1) is 22.0. The molecular weight excluding hydrogens is 428 g/mol. The highest BCUT2D eigenvalue weighted by Crippen LogP contribution is 2.36. The molecule has 6 nitrogen and oxygen atoms in total. The third-order valence-electron chi connectivity index (χ3n) is 6.85. The minimum absolute atomic E-state index is 0.104. The van der Waals surface area contributed by atoms with E-state index in [0.29, 0.717) is 0 Å². The largest absolute Gasteiger partial charge is 0.356 e. The lowest BCUT2D eigenvalue weighted by Crippen LogP contribution is -2.33. The van der Waals surface area contributed by atoms with Crippen LogP contribution >= 0.6 is 11.3 Å². The minimum atomic E-state index is -0.104. The lowest BCUT2D eigenvalue weighted by atomic mass is 9.99. The third kappa shape index (κ3) is 4.52. The molecule has 1 N–H and O–H groups in total. The highest BCUT2D eigenvalue weighted by Gasteiger charge is 2.23. The van der Waals surface area contributed by atoms with Gasteiger partial charge < -0.3 is 9.88 Å². The number of rotatable bonds is 6. The van der Waals surface area contributed by atoms with Crippen molar-refractivity contribution in [2.24, 2.45) is 13.0 Å². The van der Waals surface area contributed by atoms with E-state index < -0.39 is 0 Å². The van der Waals surface area contributed by atoms with Crippen molar-refractivity contribution < 1.29 is 0 Å². The summed E-state index contributed by atoms with van der Waals surface area (Å²) in [5.74, 6) is 3.57. The van der Waals surface area contributed by atoms with Crippen LogP contribution < -0.4 is 5.32 Å². The van der Waals surface area contributed by atoms with Gasteiger partial charge >= 0.3 is 0 Å². The summed E-state index contributed by atoms with van der Waals surface area (Å²) in [6, 6.07) is 10.4. The first-order valence-electron chi connectivity index (χ1n) is 11.8. The number of likely N-dealkylation sites (tertiary alicyclic amines) is 1. The Kier molecular flexibility index (Phi) is 6.17. The van der Waals surface area contributed by atoms with Gasteiger partial charge in [0.1, 0.15) is 28.3 Å². The van der Waals surface area contributed by atoms with Crippen molar-refractivity contribution in [2.75, 3.05) is 18.4 Å². The Morgan fingerprint density at radius 2 is 1.88 bits per heavy atom. The molecule has 1 saturated heterocycles. The lowest BCUT2D eigenvalue weighted by molar-refractivity contribution is 0.181. The molecular formula is C26H32N6S. The summed E-state index contributed by atoms with van der Waals surface area (Å²) in [4.78, 5) is 19.6. The number of benzene rings is 1. The highest BCUT2D eigenvalue weighted by molar-refractivity contribution is 7.18. The van der Waals surface area contributed by atoms with Crippen LogP contribution in [-0.4, -0.2) is 37.5 Å². The molecule has 1 aliphatic rings. The molecule has 4 aromatic rings. The Balaban J connectivity index is 1.55. The molecule has 0 spiro atoms.